The molecule has 1 aromatic carbocycles. The number of methoxy groups -OCH3 is 1. The van der Waals surface area contributed by atoms with E-state index < -0.39 is 6.04 Å². The molecule has 0 amide bonds. The van der Waals surface area contributed by atoms with Crippen LogP contribution in [-0.4, -0.2) is 18.1 Å². The summed E-state index contributed by atoms with van der Waals surface area (Å²) in [6, 6.07) is 6.43. The maximum Gasteiger partial charge on any atom is 0.211 e. The first-order valence-corrected chi connectivity index (χ1v) is 7.70. The second-order valence-corrected chi connectivity index (χ2v) is 5.70. The Balaban J connectivity index is 2.25. The Hall–Kier alpha value is -3.69. The number of halogens is 1. The Kier molecular flexibility index (Phi) is 4.40. The molecule has 1 aliphatic rings. The number of nitrogens with two attached hydrogens (primary N) is 2. The summed E-state index contributed by atoms with van der Waals surface area (Å²) in [6.45, 7) is 0. The lowest BCUT2D eigenvalue weighted by molar-refractivity contribution is 0.414. The van der Waals surface area contributed by atoms with Gasteiger partial charge in [0.2, 0.25) is 5.96 Å². The van der Waals surface area contributed by atoms with E-state index in [2.05, 4.69) is 20.6 Å². The van der Waals surface area contributed by atoms with Crippen LogP contribution in [0.2, 0.25) is 5.02 Å². The summed E-state index contributed by atoms with van der Waals surface area (Å²) in [5.74, 6) is 0.930. The highest BCUT2D eigenvalue weighted by Gasteiger charge is 2.30. The van der Waals surface area contributed by atoms with Gasteiger partial charge in [-0.1, -0.05) is 17.7 Å². The molecular weight excluding hydrogens is 356 g/mol. The molecule has 0 aliphatic carbocycles. The van der Waals surface area contributed by atoms with E-state index >= 15 is 0 Å². The first-order chi connectivity index (χ1) is 12.5. The maximum absolute atomic E-state index is 9.31. The Morgan fingerprint density at radius 2 is 2.12 bits per heavy atom. The lowest BCUT2D eigenvalue weighted by Crippen LogP contribution is -2.32. The first kappa shape index (κ1) is 17.1. The number of nitriles is 2. The van der Waals surface area contributed by atoms with E-state index in [1.54, 1.807) is 24.4 Å². The van der Waals surface area contributed by atoms with E-state index in [-0.39, 0.29) is 23.0 Å². The van der Waals surface area contributed by atoms with E-state index in [1.807, 2.05) is 6.07 Å². The molecule has 0 fully saturated rings. The summed E-state index contributed by atoms with van der Waals surface area (Å²) in [4.78, 5) is 8.65. The number of aromatic nitrogens is 1. The highest BCUT2D eigenvalue weighted by Crippen LogP contribution is 2.41. The molecule has 6 N–H and O–H groups in total. The number of benzene rings is 1. The van der Waals surface area contributed by atoms with Crippen LogP contribution in [0, 0.1) is 22.8 Å². The van der Waals surface area contributed by atoms with Crippen LogP contribution in [0.5, 0.6) is 5.75 Å². The van der Waals surface area contributed by atoms with Crippen molar-refractivity contribution in [2.24, 2.45) is 4.99 Å². The third kappa shape index (κ3) is 2.77. The van der Waals surface area contributed by atoms with Crippen LogP contribution in [0.4, 0.5) is 17.3 Å². The van der Waals surface area contributed by atoms with Crippen LogP contribution >= 0.6 is 11.6 Å². The van der Waals surface area contributed by atoms with E-state index in [0.29, 0.717) is 27.7 Å². The third-order valence-electron chi connectivity index (χ3n) is 3.85. The zero-order valence-electron chi connectivity index (χ0n) is 13.5. The SMILES string of the molecule is COc1cc(C2N=C(NC#N)Nc3nc(N)c(C#N)c(N)c32)ccc1Cl. The standard InChI is InChI=1S/C16H13ClN8O/c1-26-10-4-7(2-3-9(10)17)13-11-12(20)8(5-18)14(21)24-15(11)25-16(23-13)22-6-19/h2-4,13H,1H3,(H6,20,21,22,23,24,25). The number of nitrogens with zero attached hydrogens (tertiary/aromatic N) is 4. The summed E-state index contributed by atoms with van der Waals surface area (Å²) in [5, 5.41) is 23.9. The van der Waals surface area contributed by atoms with E-state index in [1.165, 1.54) is 7.11 Å². The highest BCUT2D eigenvalue weighted by atomic mass is 35.5. The van der Waals surface area contributed by atoms with Crippen LogP contribution in [0.25, 0.3) is 0 Å². The third-order valence-corrected chi connectivity index (χ3v) is 4.16. The van der Waals surface area contributed by atoms with E-state index in [4.69, 9.17) is 33.1 Å². The molecule has 0 bridgehead atoms. The first-order valence-electron chi connectivity index (χ1n) is 7.32. The number of guanidine groups is 1. The lowest BCUT2D eigenvalue weighted by Gasteiger charge is -2.26. The van der Waals surface area contributed by atoms with Crippen molar-refractivity contribution in [1.29, 1.82) is 10.5 Å². The molecule has 1 aliphatic heterocycles. The second kappa shape index (κ2) is 6.67. The number of hydrogen-bond donors (Lipinski definition) is 4. The molecule has 130 valence electrons. The number of anilines is 3. The number of hydrogen-bond acceptors (Lipinski definition) is 9. The van der Waals surface area contributed by atoms with Crippen LogP contribution in [0.3, 0.4) is 0 Å². The Morgan fingerprint density at radius 3 is 2.77 bits per heavy atom. The largest absolute Gasteiger partial charge is 0.495 e. The molecule has 2 heterocycles. The van der Waals surface area contributed by atoms with Crippen molar-refractivity contribution >= 4 is 34.9 Å². The fourth-order valence-electron chi connectivity index (χ4n) is 2.67. The fraction of sp³-hybridized carbons (Fsp3) is 0.125. The number of nitrogen functional groups attached to an aromatic ring is 2. The van der Waals surface area contributed by atoms with E-state index in [0.717, 1.165) is 0 Å². The van der Waals surface area contributed by atoms with Crippen LogP contribution in [0.15, 0.2) is 23.2 Å². The fourth-order valence-corrected chi connectivity index (χ4v) is 2.86. The van der Waals surface area contributed by atoms with Gasteiger partial charge in [-0.3, -0.25) is 5.32 Å². The zero-order valence-corrected chi connectivity index (χ0v) is 14.3. The van der Waals surface area contributed by atoms with E-state index in [9.17, 15) is 5.26 Å². The number of nitrogens with one attached hydrogen (secondary N) is 2. The monoisotopic (exact) mass is 368 g/mol. The summed E-state index contributed by atoms with van der Waals surface area (Å²) in [5.41, 5.74) is 13.4. The van der Waals surface area contributed by atoms with Gasteiger partial charge in [0.25, 0.3) is 0 Å². The van der Waals surface area contributed by atoms with Crippen LogP contribution < -0.4 is 26.8 Å². The summed E-state index contributed by atoms with van der Waals surface area (Å²) in [6.07, 6.45) is 1.79. The molecular formula is C16H13ClN8O. The molecule has 1 aromatic heterocycles. The van der Waals surface area contributed by atoms with Crippen LogP contribution in [0.1, 0.15) is 22.7 Å². The Bertz CT molecular complexity index is 1000. The molecule has 1 atom stereocenters. The smallest absolute Gasteiger partial charge is 0.211 e. The average molecular weight is 369 g/mol. The highest BCUT2D eigenvalue weighted by molar-refractivity contribution is 6.32. The van der Waals surface area contributed by atoms with Crippen molar-refractivity contribution in [2.75, 3.05) is 23.9 Å². The topological polar surface area (TPSA) is 158 Å². The Labute approximate surface area is 153 Å². The number of aliphatic imine (C=N–C) groups is 1. The number of rotatable bonds is 2. The molecule has 2 aromatic rings. The second-order valence-electron chi connectivity index (χ2n) is 5.30. The minimum Gasteiger partial charge on any atom is -0.495 e. The van der Waals surface area contributed by atoms with Crippen molar-refractivity contribution < 1.29 is 4.74 Å². The maximum atomic E-state index is 9.31. The van der Waals surface area contributed by atoms with Gasteiger partial charge in [0.1, 0.15) is 35.1 Å². The van der Waals surface area contributed by atoms with Gasteiger partial charge >= 0.3 is 0 Å². The minimum atomic E-state index is -0.645. The van der Waals surface area contributed by atoms with Gasteiger partial charge in [-0.15, -0.1) is 0 Å². The molecule has 9 nitrogen and oxygen atoms in total. The molecule has 1 unspecified atom stereocenters. The van der Waals surface area contributed by atoms with Crippen LogP contribution in [-0.2, 0) is 0 Å². The molecule has 0 radical (unpaired) electrons. The normalized spacial score (nSPS) is 14.9. The van der Waals surface area contributed by atoms with Crippen molar-refractivity contribution in [3.8, 4) is 18.0 Å². The molecule has 26 heavy (non-hydrogen) atoms. The van der Waals surface area contributed by atoms with Crippen molar-refractivity contribution in [3.63, 3.8) is 0 Å². The zero-order chi connectivity index (χ0) is 18.8. The summed E-state index contributed by atoms with van der Waals surface area (Å²) >= 11 is 6.09. The van der Waals surface area contributed by atoms with Gasteiger partial charge < -0.3 is 21.5 Å². The number of pyridine rings is 1. The van der Waals surface area contributed by atoms with Crippen molar-refractivity contribution in [2.45, 2.75) is 6.04 Å². The van der Waals surface area contributed by atoms with Crippen molar-refractivity contribution in [1.82, 2.24) is 10.3 Å². The van der Waals surface area contributed by atoms with Crippen molar-refractivity contribution in [3.05, 3.63) is 39.9 Å². The van der Waals surface area contributed by atoms with Gasteiger partial charge in [-0.25, -0.2) is 9.98 Å². The molecule has 0 spiro atoms. The van der Waals surface area contributed by atoms with Gasteiger partial charge in [0, 0.05) is 5.56 Å². The average Bonchev–Trinajstić information content (AvgIpc) is 2.62. The minimum absolute atomic E-state index is 0.0121. The van der Waals surface area contributed by atoms with Gasteiger partial charge in [-0.05, 0) is 17.7 Å². The summed E-state index contributed by atoms with van der Waals surface area (Å²) in [7, 11) is 1.50. The molecule has 3 rings (SSSR count). The molecule has 0 saturated carbocycles. The van der Waals surface area contributed by atoms with Gasteiger partial charge in [-0.2, -0.15) is 10.5 Å². The predicted octanol–water partition coefficient (Wildman–Crippen LogP) is 1.72. The lowest BCUT2D eigenvalue weighted by atomic mass is 9.95. The quantitative estimate of drug-likeness (QED) is 0.460. The molecule has 10 heteroatoms. The number of fused-ring (bicyclic) bond motifs is 1. The predicted molar refractivity (Wildman–Crippen MR) is 97.4 cm³/mol. The summed E-state index contributed by atoms with van der Waals surface area (Å²) < 4.78 is 5.25. The van der Waals surface area contributed by atoms with Gasteiger partial charge in [0.05, 0.1) is 17.8 Å². The number of ether oxygens (including phenoxy) is 1. The Morgan fingerprint density at radius 1 is 1.35 bits per heavy atom. The van der Waals surface area contributed by atoms with Gasteiger partial charge in [0.15, 0.2) is 6.19 Å². The molecule has 0 saturated heterocycles.